The number of piperazine rings is 1. The van der Waals surface area contributed by atoms with Gasteiger partial charge in [-0.05, 0) is 19.8 Å². The molecule has 0 bridgehead atoms. The lowest BCUT2D eigenvalue weighted by Crippen LogP contribution is -2.54. The van der Waals surface area contributed by atoms with Crippen LogP contribution in [0.25, 0.3) is 0 Å². The van der Waals surface area contributed by atoms with Crippen LogP contribution in [0, 0.1) is 5.92 Å². The van der Waals surface area contributed by atoms with E-state index in [1.807, 2.05) is 9.80 Å². The Kier molecular flexibility index (Phi) is 4.76. The highest BCUT2D eigenvalue weighted by atomic mass is 16.5. The standard InChI is InChI=1S/C13H22N2O4/c1-10(13(17)18)14-4-6-15(7-5-14)12(16)11-2-8-19-9-3-11/h10-11H,2-9H2,1H3,(H,17,18). The van der Waals surface area contributed by atoms with Gasteiger partial charge in [-0.15, -0.1) is 0 Å². The number of carbonyl (C=O) groups is 2. The molecule has 19 heavy (non-hydrogen) atoms. The van der Waals surface area contributed by atoms with Crippen LogP contribution >= 0.6 is 0 Å². The molecule has 0 radical (unpaired) electrons. The van der Waals surface area contributed by atoms with Crippen LogP contribution in [0.4, 0.5) is 0 Å². The predicted molar refractivity (Wildman–Crippen MR) is 68.8 cm³/mol. The van der Waals surface area contributed by atoms with Crippen LogP contribution < -0.4 is 0 Å². The summed E-state index contributed by atoms with van der Waals surface area (Å²) in [5.41, 5.74) is 0. The second-order valence-electron chi connectivity index (χ2n) is 5.26. The van der Waals surface area contributed by atoms with Crippen molar-refractivity contribution >= 4 is 11.9 Å². The van der Waals surface area contributed by atoms with Crippen LogP contribution in [-0.2, 0) is 14.3 Å². The first-order chi connectivity index (χ1) is 9.09. The van der Waals surface area contributed by atoms with Crippen LogP contribution in [0.15, 0.2) is 0 Å². The molecule has 6 nitrogen and oxygen atoms in total. The van der Waals surface area contributed by atoms with E-state index in [1.54, 1.807) is 6.92 Å². The zero-order valence-electron chi connectivity index (χ0n) is 11.4. The number of aliphatic carboxylic acids is 1. The maximum atomic E-state index is 12.3. The lowest BCUT2D eigenvalue weighted by atomic mass is 9.98. The average Bonchev–Trinajstić information content (AvgIpc) is 2.46. The van der Waals surface area contributed by atoms with E-state index in [0.29, 0.717) is 39.4 Å². The largest absolute Gasteiger partial charge is 0.480 e. The number of carboxylic acid groups (broad SMARTS) is 1. The number of carboxylic acids is 1. The van der Waals surface area contributed by atoms with E-state index < -0.39 is 12.0 Å². The minimum absolute atomic E-state index is 0.0946. The van der Waals surface area contributed by atoms with Gasteiger partial charge in [0.2, 0.25) is 5.91 Å². The highest BCUT2D eigenvalue weighted by Gasteiger charge is 2.31. The molecule has 2 fully saturated rings. The molecule has 0 aromatic heterocycles. The molecule has 0 aliphatic carbocycles. The molecule has 2 saturated heterocycles. The van der Waals surface area contributed by atoms with E-state index in [0.717, 1.165) is 12.8 Å². The van der Waals surface area contributed by atoms with Crippen LogP contribution in [0.3, 0.4) is 0 Å². The van der Waals surface area contributed by atoms with Crippen molar-refractivity contribution in [3.63, 3.8) is 0 Å². The molecule has 2 rings (SSSR count). The number of hydrogen-bond donors (Lipinski definition) is 1. The summed E-state index contributed by atoms with van der Waals surface area (Å²) in [5, 5.41) is 8.98. The van der Waals surface area contributed by atoms with Crippen LogP contribution in [0.5, 0.6) is 0 Å². The van der Waals surface area contributed by atoms with Crippen molar-refractivity contribution < 1.29 is 19.4 Å². The molecule has 108 valence electrons. The third kappa shape index (κ3) is 3.45. The Morgan fingerprint density at radius 3 is 2.26 bits per heavy atom. The number of hydrogen-bond acceptors (Lipinski definition) is 4. The Hall–Kier alpha value is -1.14. The molecule has 0 spiro atoms. The lowest BCUT2D eigenvalue weighted by Gasteiger charge is -2.38. The number of ether oxygens (including phenoxy) is 1. The fraction of sp³-hybridized carbons (Fsp3) is 0.846. The number of rotatable bonds is 3. The summed E-state index contributed by atoms with van der Waals surface area (Å²) in [6, 6.07) is -0.472. The fourth-order valence-electron chi connectivity index (χ4n) is 2.69. The smallest absolute Gasteiger partial charge is 0.320 e. The molecule has 1 amide bonds. The third-order valence-corrected chi connectivity index (χ3v) is 4.10. The highest BCUT2D eigenvalue weighted by Crippen LogP contribution is 2.19. The van der Waals surface area contributed by atoms with Crippen molar-refractivity contribution in [1.29, 1.82) is 0 Å². The molecule has 0 aromatic rings. The van der Waals surface area contributed by atoms with Crippen molar-refractivity contribution in [2.24, 2.45) is 5.92 Å². The van der Waals surface area contributed by atoms with Gasteiger partial charge in [0.25, 0.3) is 0 Å². The number of carbonyl (C=O) groups excluding carboxylic acids is 1. The molecule has 1 N–H and O–H groups in total. The maximum Gasteiger partial charge on any atom is 0.320 e. The van der Waals surface area contributed by atoms with Crippen molar-refractivity contribution in [3.8, 4) is 0 Å². The molecule has 2 aliphatic heterocycles. The third-order valence-electron chi connectivity index (χ3n) is 4.10. The topological polar surface area (TPSA) is 70.1 Å². The minimum Gasteiger partial charge on any atom is -0.480 e. The van der Waals surface area contributed by atoms with E-state index >= 15 is 0 Å². The second-order valence-corrected chi connectivity index (χ2v) is 5.26. The monoisotopic (exact) mass is 270 g/mol. The number of amides is 1. The first kappa shape index (κ1) is 14.3. The van der Waals surface area contributed by atoms with Crippen LogP contribution in [-0.4, -0.2) is 72.2 Å². The Morgan fingerprint density at radius 2 is 1.74 bits per heavy atom. The van der Waals surface area contributed by atoms with Crippen LogP contribution in [0.2, 0.25) is 0 Å². The summed E-state index contributed by atoms with van der Waals surface area (Å²) in [6.45, 7) is 5.59. The van der Waals surface area contributed by atoms with Gasteiger partial charge in [-0.3, -0.25) is 14.5 Å². The Balaban J connectivity index is 1.82. The molecule has 2 aliphatic rings. The van der Waals surface area contributed by atoms with Crippen molar-refractivity contribution in [1.82, 2.24) is 9.80 Å². The second kappa shape index (κ2) is 6.34. The van der Waals surface area contributed by atoms with E-state index in [9.17, 15) is 9.59 Å². The SMILES string of the molecule is CC(C(=O)O)N1CCN(C(=O)C2CCOCC2)CC1. The van der Waals surface area contributed by atoms with E-state index in [1.165, 1.54) is 0 Å². The zero-order valence-corrected chi connectivity index (χ0v) is 11.4. The first-order valence-electron chi connectivity index (χ1n) is 6.93. The maximum absolute atomic E-state index is 12.3. The van der Waals surface area contributed by atoms with Crippen molar-refractivity contribution in [2.75, 3.05) is 39.4 Å². The molecule has 0 aromatic carbocycles. The minimum atomic E-state index is -0.802. The molecular formula is C13H22N2O4. The van der Waals surface area contributed by atoms with Gasteiger partial charge >= 0.3 is 5.97 Å². The first-order valence-corrected chi connectivity index (χ1v) is 6.93. The molecule has 6 heteroatoms. The summed E-state index contributed by atoms with van der Waals surface area (Å²) >= 11 is 0. The average molecular weight is 270 g/mol. The van der Waals surface area contributed by atoms with Gasteiger partial charge in [0.1, 0.15) is 6.04 Å². The highest BCUT2D eigenvalue weighted by molar-refractivity contribution is 5.79. The lowest BCUT2D eigenvalue weighted by molar-refractivity contribution is -0.145. The van der Waals surface area contributed by atoms with Gasteiger partial charge < -0.3 is 14.7 Å². The van der Waals surface area contributed by atoms with Crippen molar-refractivity contribution in [3.05, 3.63) is 0 Å². The molecule has 2 heterocycles. The van der Waals surface area contributed by atoms with Crippen molar-refractivity contribution in [2.45, 2.75) is 25.8 Å². The van der Waals surface area contributed by atoms with E-state index in [4.69, 9.17) is 9.84 Å². The summed E-state index contributed by atoms with van der Waals surface area (Å²) in [6.07, 6.45) is 1.62. The summed E-state index contributed by atoms with van der Waals surface area (Å²) in [7, 11) is 0. The quantitative estimate of drug-likeness (QED) is 0.783. The van der Waals surface area contributed by atoms with Gasteiger partial charge in [-0.2, -0.15) is 0 Å². The predicted octanol–water partition coefficient (Wildman–Crippen LogP) is 0.0303. The normalized spacial score (nSPS) is 24.2. The summed E-state index contributed by atoms with van der Waals surface area (Å²) in [4.78, 5) is 27.0. The molecule has 1 unspecified atom stereocenters. The van der Waals surface area contributed by atoms with Crippen LogP contribution in [0.1, 0.15) is 19.8 Å². The fourth-order valence-corrected chi connectivity index (χ4v) is 2.69. The van der Waals surface area contributed by atoms with Gasteiger partial charge in [0.15, 0.2) is 0 Å². The molecule has 1 atom stereocenters. The molecule has 0 saturated carbocycles. The summed E-state index contributed by atoms with van der Waals surface area (Å²) in [5.74, 6) is -0.493. The van der Waals surface area contributed by atoms with Gasteiger partial charge in [0, 0.05) is 45.3 Å². The molecular weight excluding hydrogens is 248 g/mol. The van der Waals surface area contributed by atoms with E-state index in [-0.39, 0.29) is 11.8 Å². The summed E-state index contributed by atoms with van der Waals surface area (Å²) < 4.78 is 5.27. The Labute approximate surface area is 113 Å². The zero-order chi connectivity index (χ0) is 13.8. The number of nitrogens with zero attached hydrogens (tertiary/aromatic N) is 2. The van der Waals surface area contributed by atoms with E-state index in [2.05, 4.69) is 0 Å². The Morgan fingerprint density at radius 1 is 1.16 bits per heavy atom. The van der Waals surface area contributed by atoms with Gasteiger partial charge in [-0.1, -0.05) is 0 Å². The Bertz CT molecular complexity index is 334. The van der Waals surface area contributed by atoms with Gasteiger partial charge in [-0.25, -0.2) is 0 Å². The van der Waals surface area contributed by atoms with Gasteiger partial charge in [0.05, 0.1) is 0 Å².